The normalized spacial score (nSPS) is 14.0. The second kappa shape index (κ2) is 8.88. The Bertz CT molecular complexity index is 1190. The molecule has 1 saturated heterocycles. The third kappa shape index (κ3) is 4.17. The van der Waals surface area contributed by atoms with Crippen molar-refractivity contribution in [2.24, 2.45) is 0 Å². The van der Waals surface area contributed by atoms with Gasteiger partial charge in [0.05, 0.1) is 23.7 Å². The lowest BCUT2D eigenvalue weighted by Crippen LogP contribution is -2.35. The lowest BCUT2D eigenvalue weighted by atomic mass is 10.1. The number of rotatable bonds is 5. The lowest BCUT2D eigenvalue weighted by molar-refractivity contribution is 0.0480. The smallest absolute Gasteiger partial charge is 0.348 e. The number of nitrogens with zero attached hydrogens (tertiary/aromatic N) is 2. The molecule has 0 N–H and O–H groups in total. The Kier molecular flexibility index (Phi) is 5.65. The number of morpholine rings is 1. The number of fused-ring (bicyclic) bond motifs is 1. The summed E-state index contributed by atoms with van der Waals surface area (Å²) in [6.07, 6.45) is 1.76. The molecule has 0 amide bonds. The van der Waals surface area contributed by atoms with Crippen molar-refractivity contribution in [3.8, 4) is 11.1 Å². The van der Waals surface area contributed by atoms with Crippen molar-refractivity contribution in [1.82, 2.24) is 4.98 Å². The highest BCUT2D eigenvalue weighted by Crippen LogP contribution is 2.39. The van der Waals surface area contributed by atoms with Gasteiger partial charge in [0.1, 0.15) is 11.5 Å². The molecule has 2 aromatic carbocycles. The maximum absolute atomic E-state index is 13.0. The molecule has 0 bridgehead atoms. The van der Waals surface area contributed by atoms with E-state index in [1.807, 2.05) is 54.6 Å². The number of hydrogen-bond acceptors (Lipinski definition) is 6. The number of thiophene rings is 1. The highest BCUT2D eigenvalue weighted by atomic mass is 32.1. The standard InChI is InChI=1S/C25H22N2O3S/c28-25(30-17-20-9-4-8-19-10-5-11-26-23(19)20)22-16-21(18-6-2-1-3-7-18)24(31-22)27-12-14-29-15-13-27/h1-11,16H,12-15,17H2. The Labute approximate surface area is 184 Å². The fourth-order valence-corrected chi connectivity index (χ4v) is 4.93. The van der Waals surface area contributed by atoms with E-state index in [1.54, 1.807) is 6.20 Å². The van der Waals surface area contributed by atoms with Crippen LogP contribution in [0, 0.1) is 0 Å². The van der Waals surface area contributed by atoms with Crippen LogP contribution in [0.3, 0.4) is 0 Å². The molecule has 5 nitrogen and oxygen atoms in total. The van der Waals surface area contributed by atoms with Crippen molar-refractivity contribution in [2.75, 3.05) is 31.2 Å². The number of esters is 1. The van der Waals surface area contributed by atoms with Crippen LogP contribution in [0.25, 0.3) is 22.0 Å². The Morgan fingerprint density at radius 1 is 1.03 bits per heavy atom. The van der Waals surface area contributed by atoms with Gasteiger partial charge in [0, 0.05) is 35.8 Å². The number of para-hydroxylation sites is 1. The first-order valence-electron chi connectivity index (χ1n) is 10.3. The van der Waals surface area contributed by atoms with Gasteiger partial charge in [-0.3, -0.25) is 4.98 Å². The molecule has 1 aliphatic rings. The molecule has 0 spiro atoms. The summed E-state index contributed by atoms with van der Waals surface area (Å²) in [6, 6.07) is 22.0. The van der Waals surface area contributed by atoms with Gasteiger partial charge in [0.2, 0.25) is 0 Å². The molecule has 0 saturated carbocycles. The topological polar surface area (TPSA) is 51.7 Å². The van der Waals surface area contributed by atoms with Gasteiger partial charge in [-0.25, -0.2) is 4.79 Å². The van der Waals surface area contributed by atoms with Crippen molar-refractivity contribution >= 4 is 33.2 Å². The molecule has 1 fully saturated rings. The SMILES string of the molecule is O=C(OCc1cccc2cccnc12)c1cc(-c2ccccc2)c(N2CCOCC2)s1. The summed E-state index contributed by atoms with van der Waals surface area (Å²) in [5, 5.41) is 2.13. The highest BCUT2D eigenvalue weighted by molar-refractivity contribution is 7.18. The zero-order valence-electron chi connectivity index (χ0n) is 17.0. The van der Waals surface area contributed by atoms with Crippen LogP contribution in [0.2, 0.25) is 0 Å². The van der Waals surface area contributed by atoms with E-state index < -0.39 is 0 Å². The molecular weight excluding hydrogens is 408 g/mol. The summed E-state index contributed by atoms with van der Waals surface area (Å²) in [7, 11) is 0. The molecule has 1 aliphatic heterocycles. The molecule has 156 valence electrons. The van der Waals surface area contributed by atoms with Crippen LogP contribution < -0.4 is 4.90 Å². The van der Waals surface area contributed by atoms with E-state index in [0.717, 1.165) is 45.7 Å². The van der Waals surface area contributed by atoms with Gasteiger partial charge < -0.3 is 14.4 Å². The van der Waals surface area contributed by atoms with E-state index >= 15 is 0 Å². The minimum absolute atomic E-state index is 0.193. The second-order valence-electron chi connectivity index (χ2n) is 7.36. The monoisotopic (exact) mass is 430 g/mol. The lowest BCUT2D eigenvalue weighted by Gasteiger charge is -2.28. The third-order valence-corrected chi connectivity index (χ3v) is 6.55. The number of carbonyl (C=O) groups is 1. The Hall–Kier alpha value is -3.22. The van der Waals surface area contributed by atoms with Gasteiger partial charge in [-0.05, 0) is 17.7 Å². The quantitative estimate of drug-likeness (QED) is 0.410. The number of anilines is 1. The van der Waals surface area contributed by atoms with Crippen LogP contribution >= 0.6 is 11.3 Å². The van der Waals surface area contributed by atoms with E-state index in [0.29, 0.717) is 18.1 Å². The fourth-order valence-electron chi connectivity index (χ4n) is 3.81. The maximum atomic E-state index is 13.0. The van der Waals surface area contributed by atoms with Gasteiger partial charge in [-0.15, -0.1) is 11.3 Å². The largest absolute Gasteiger partial charge is 0.457 e. The molecule has 5 rings (SSSR count). The Balaban J connectivity index is 1.41. The van der Waals surface area contributed by atoms with Crippen LogP contribution in [-0.4, -0.2) is 37.3 Å². The van der Waals surface area contributed by atoms with Gasteiger partial charge in [-0.2, -0.15) is 0 Å². The average molecular weight is 431 g/mol. The summed E-state index contributed by atoms with van der Waals surface area (Å²) in [5.74, 6) is -0.311. The van der Waals surface area contributed by atoms with E-state index in [1.165, 1.54) is 11.3 Å². The van der Waals surface area contributed by atoms with E-state index in [9.17, 15) is 4.79 Å². The van der Waals surface area contributed by atoms with Crippen LogP contribution in [0.15, 0.2) is 72.9 Å². The number of carbonyl (C=O) groups excluding carboxylic acids is 1. The molecule has 6 heteroatoms. The molecule has 0 radical (unpaired) electrons. The number of pyridine rings is 1. The molecule has 31 heavy (non-hydrogen) atoms. The highest BCUT2D eigenvalue weighted by Gasteiger charge is 2.22. The first-order valence-corrected chi connectivity index (χ1v) is 11.1. The van der Waals surface area contributed by atoms with E-state index in [-0.39, 0.29) is 12.6 Å². The fraction of sp³-hybridized carbons (Fsp3) is 0.200. The summed E-state index contributed by atoms with van der Waals surface area (Å²) < 4.78 is 11.2. The minimum atomic E-state index is -0.311. The van der Waals surface area contributed by atoms with Crippen LogP contribution in [-0.2, 0) is 16.1 Å². The van der Waals surface area contributed by atoms with Gasteiger partial charge in [-0.1, -0.05) is 54.6 Å². The van der Waals surface area contributed by atoms with Crippen LogP contribution in [0.4, 0.5) is 5.00 Å². The maximum Gasteiger partial charge on any atom is 0.348 e. The van der Waals surface area contributed by atoms with Crippen molar-refractivity contribution in [1.29, 1.82) is 0 Å². The Morgan fingerprint density at radius 3 is 2.68 bits per heavy atom. The number of hydrogen-bond donors (Lipinski definition) is 0. The Morgan fingerprint density at radius 2 is 1.84 bits per heavy atom. The number of benzene rings is 2. The molecular formula is C25H22N2O3S. The van der Waals surface area contributed by atoms with E-state index in [2.05, 4.69) is 22.0 Å². The second-order valence-corrected chi connectivity index (χ2v) is 8.39. The summed E-state index contributed by atoms with van der Waals surface area (Å²) in [5.41, 5.74) is 3.92. The van der Waals surface area contributed by atoms with Crippen molar-refractivity contribution in [3.05, 3.63) is 83.4 Å². The van der Waals surface area contributed by atoms with E-state index in [4.69, 9.17) is 9.47 Å². The summed E-state index contributed by atoms with van der Waals surface area (Å²) >= 11 is 1.49. The molecule has 0 unspecified atom stereocenters. The zero-order valence-corrected chi connectivity index (χ0v) is 17.8. The first-order chi connectivity index (χ1) is 15.3. The van der Waals surface area contributed by atoms with Crippen molar-refractivity contribution < 1.29 is 14.3 Å². The third-order valence-electron chi connectivity index (χ3n) is 5.37. The molecule has 4 aromatic rings. The predicted octanol–water partition coefficient (Wildman–Crippen LogP) is 5.16. The van der Waals surface area contributed by atoms with Gasteiger partial charge >= 0.3 is 5.97 Å². The van der Waals surface area contributed by atoms with Gasteiger partial charge in [0.15, 0.2) is 0 Å². The first kappa shape index (κ1) is 19.7. The summed E-state index contributed by atoms with van der Waals surface area (Å²) in [6.45, 7) is 3.21. The van der Waals surface area contributed by atoms with Crippen molar-refractivity contribution in [2.45, 2.75) is 6.61 Å². The number of ether oxygens (including phenoxy) is 2. The molecule has 0 atom stereocenters. The summed E-state index contributed by atoms with van der Waals surface area (Å²) in [4.78, 5) is 20.3. The molecule has 0 aliphatic carbocycles. The average Bonchev–Trinajstić information content (AvgIpc) is 3.29. The predicted molar refractivity (Wildman–Crippen MR) is 124 cm³/mol. The number of aromatic nitrogens is 1. The molecule has 2 aromatic heterocycles. The van der Waals surface area contributed by atoms with Crippen LogP contribution in [0.5, 0.6) is 0 Å². The van der Waals surface area contributed by atoms with Gasteiger partial charge in [0.25, 0.3) is 0 Å². The van der Waals surface area contributed by atoms with Crippen LogP contribution in [0.1, 0.15) is 15.2 Å². The minimum Gasteiger partial charge on any atom is -0.457 e. The van der Waals surface area contributed by atoms with Crippen molar-refractivity contribution in [3.63, 3.8) is 0 Å². The zero-order chi connectivity index (χ0) is 21.0. The molecule has 3 heterocycles.